The van der Waals surface area contributed by atoms with Crippen LogP contribution in [0.25, 0.3) is 0 Å². The van der Waals surface area contributed by atoms with Crippen LogP contribution in [0.5, 0.6) is 5.75 Å². The van der Waals surface area contributed by atoms with Crippen LogP contribution in [-0.4, -0.2) is 0 Å². The number of ether oxygens (including phenoxy) is 1. The van der Waals surface area contributed by atoms with Gasteiger partial charge in [-0.25, -0.2) is 0 Å². The minimum Gasteiger partial charge on any atom is -0.488 e. The molecule has 2 aromatic rings. The molecule has 1 aromatic carbocycles. The van der Waals surface area contributed by atoms with Crippen LogP contribution in [0.2, 0.25) is 0 Å². The molecule has 0 bridgehead atoms. The Labute approximate surface area is 120 Å². The summed E-state index contributed by atoms with van der Waals surface area (Å²) in [4.78, 5) is 1.19. The van der Waals surface area contributed by atoms with Crippen LogP contribution < -0.4 is 10.5 Å². The van der Waals surface area contributed by atoms with Crippen molar-refractivity contribution < 1.29 is 4.74 Å². The van der Waals surface area contributed by atoms with Gasteiger partial charge in [0.05, 0.1) is 0 Å². The van der Waals surface area contributed by atoms with E-state index in [1.165, 1.54) is 10.4 Å². The highest BCUT2D eigenvalue weighted by Crippen LogP contribution is 2.27. The first-order valence-electron chi connectivity index (χ1n) is 5.78. The second-order valence-corrected chi connectivity index (χ2v) is 6.26. The van der Waals surface area contributed by atoms with Crippen LogP contribution in [0.15, 0.2) is 34.1 Å². The third kappa shape index (κ3) is 3.34. The van der Waals surface area contributed by atoms with Gasteiger partial charge in [-0.2, -0.15) is 0 Å². The molecule has 0 aliphatic rings. The zero-order chi connectivity index (χ0) is 13.1. The fourth-order valence-electron chi connectivity index (χ4n) is 1.73. The van der Waals surface area contributed by atoms with Gasteiger partial charge in [0, 0.05) is 26.3 Å². The van der Waals surface area contributed by atoms with Crippen molar-refractivity contribution in [2.75, 3.05) is 0 Å². The van der Waals surface area contributed by atoms with E-state index in [4.69, 9.17) is 10.5 Å². The Bertz CT molecular complexity index is 536. The second-order valence-electron chi connectivity index (χ2n) is 4.35. The molecular formula is C14H16BrNOS. The Morgan fingerprint density at radius 1 is 1.39 bits per heavy atom. The highest BCUT2D eigenvalue weighted by Gasteiger charge is 2.09. The van der Waals surface area contributed by atoms with Gasteiger partial charge < -0.3 is 10.5 Å². The molecule has 0 aliphatic carbocycles. The Balaban J connectivity index is 2.13. The molecule has 0 fully saturated rings. The van der Waals surface area contributed by atoms with E-state index in [1.54, 1.807) is 11.3 Å². The second kappa shape index (κ2) is 5.87. The maximum absolute atomic E-state index is 5.97. The first-order valence-corrected chi connectivity index (χ1v) is 7.45. The predicted molar refractivity (Wildman–Crippen MR) is 80.1 cm³/mol. The lowest BCUT2D eigenvalue weighted by Gasteiger charge is -2.14. The van der Waals surface area contributed by atoms with Gasteiger partial charge in [-0.1, -0.05) is 17.7 Å². The quantitative estimate of drug-likeness (QED) is 0.903. The average molecular weight is 326 g/mol. The normalized spacial score (nSPS) is 12.4. The monoisotopic (exact) mass is 325 g/mol. The summed E-state index contributed by atoms with van der Waals surface area (Å²) in [6.45, 7) is 4.62. The zero-order valence-corrected chi connectivity index (χ0v) is 12.8. The van der Waals surface area contributed by atoms with Gasteiger partial charge in [0.2, 0.25) is 0 Å². The minimum absolute atomic E-state index is 0.0185. The van der Waals surface area contributed by atoms with Crippen molar-refractivity contribution in [2.45, 2.75) is 26.5 Å². The van der Waals surface area contributed by atoms with Crippen LogP contribution in [0.1, 0.15) is 29.0 Å². The molecule has 1 atom stereocenters. The Morgan fingerprint density at radius 3 is 2.78 bits per heavy atom. The van der Waals surface area contributed by atoms with Crippen molar-refractivity contribution in [2.24, 2.45) is 5.73 Å². The molecule has 2 nitrogen and oxygen atoms in total. The summed E-state index contributed by atoms with van der Waals surface area (Å²) in [7, 11) is 0. The summed E-state index contributed by atoms with van der Waals surface area (Å²) in [5.41, 5.74) is 8.23. The van der Waals surface area contributed by atoms with Crippen LogP contribution in [-0.2, 0) is 6.61 Å². The summed E-state index contributed by atoms with van der Waals surface area (Å²) in [5, 5.41) is 2.06. The molecule has 0 aliphatic heterocycles. The van der Waals surface area contributed by atoms with Crippen LogP contribution >= 0.6 is 27.3 Å². The molecule has 96 valence electrons. The lowest BCUT2D eigenvalue weighted by atomic mass is 10.1. The van der Waals surface area contributed by atoms with E-state index in [0.29, 0.717) is 6.61 Å². The third-order valence-corrected chi connectivity index (χ3v) is 4.32. The highest BCUT2D eigenvalue weighted by atomic mass is 79.9. The van der Waals surface area contributed by atoms with Crippen molar-refractivity contribution >= 4 is 27.3 Å². The van der Waals surface area contributed by atoms with Crippen molar-refractivity contribution in [1.29, 1.82) is 0 Å². The third-order valence-electron chi connectivity index (χ3n) is 2.65. The molecule has 1 aromatic heterocycles. The summed E-state index contributed by atoms with van der Waals surface area (Å²) in [5.74, 6) is 0.875. The summed E-state index contributed by atoms with van der Waals surface area (Å²) < 4.78 is 6.96. The Hall–Kier alpha value is -0.840. The van der Waals surface area contributed by atoms with Crippen molar-refractivity contribution in [3.05, 3.63) is 50.1 Å². The molecule has 1 heterocycles. The maximum atomic E-state index is 5.97. The molecule has 2 N–H and O–H groups in total. The topological polar surface area (TPSA) is 35.2 Å². The fraction of sp³-hybridized carbons (Fsp3) is 0.286. The maximum Gasteiger partial charge on any atom is 0.124 e. The van der Waals surface area contributed by atoms with Crippen LogP contribution in [0, 0.1) is 6.92 Å². The number of halogens is 1. The number of nitrogens with two attached hydrogens (primary N) is 1. The van der Waals surface area contributed by atoms with Gasteiger partial charge in [-0.3, -0.25) is 0 Å². The smallest absolute Gasteiger partial charge is 0.124 e. The number of thiophene rings is 1. The lowest BCUT2D eigenvalue weighted by molar-refractivity contribution is 0.305. The molecule has 18 heavy (non-hydrogen) atoms. The number of aryl methyl sites for hydroxylation is 1. The van der Waals surface area contributed by atoms with Gasteiger partial charge in [-0.05, 0) is 41.9 Å². The van der Waals surface area contributed by atoms with E-state index in [1.807, 2.05) is 19.1 Å². The molecule has 0 saturated carbocycles. The standard InChI is InChI=1S/C14H16BrNOS/c1-9-3-4-14(13(5-9)10(2)16)17-7-12-6-11(15)8-18-12/h3-6,8,10H,7,16H2,1-2H3/t10-/m1/s1. The number of benzene rings is 1. The first kappa shape index (κ1) is 13.6. The average Bonchev–Trinajstić information content (AvgIpc) is 2.73. The summed E-state index contributed by atoms with van der Waals surface area (Å²) in [6.07, 6.45) is 0. The van der Waals surface area contributed by atoms with Crippen LogP contribution in [0.4, 0.5) is 0 Å². The predicted octanol–water partition coefficient (Wildman–Crippen LogP) is 4.42. The summed E-state index contributed by atoms with van der Waals surface area (Å²) in [6, 6.07) is 8.19. The molecule has 0 saturated heterocycles. The minimum atomic E-state index is -0.0185. The number of hydrogen-bond donors (Lipinski definition) is 1. The van der Waals surface area contributed by atoms with Gasteiger partial charge >= 0.3 is 0 Å². The van der Waals surface area contributed by atoms with Crippen molar-refractivity contribution in [1.82, 2.24) is 0 Å². The molecular weight excluding hydrogens is 310 g/mol. The Morgan fingerprint density at radius 2 is 2.17 bits per heavy atom. The van der Waals surface area contributed by atoms with Crippen molar-refractivity contribution in [3.8, 4) is 5.75 Å². The van der Waals surface area contributed by atoms with E-state index < -0.39 is 0 Å². The van der Waals surface area contributed by atoms with Crippen molar-refractivity contribution in [3.63, 3.8) is 0 Å². The van der Waals surface area contributed by atoms with E-state index >= 15 is 0 Å². The molecule has 4 heteroatoms. The lowest BCUT2D eigenvalue weighted by Crippen LogP contribution is -2.08. The van der Waals surface area contributed by atoms with E-state index in [0.717, 1.165) is 15.8 Å². The van der Waals surface area contributed by atoms with E-state index in [-0.39, 0.29) is 6.04 Å². The molecule has 0 amide bonds. The Kier molecular flexibility index (Phi) is 4.43. The molecule has 0 unspecified atom stereocenters. The highest BCUT2D eigenvalue weighted by molar-refractivity contribution is 9.10. The largest absolute Gasteiger partial charge is 0.488 e. The molecule has 0 spiro atoms. The molecule has 2 rings (SSSR count). The fourth-order valence-corrected chi connectivity index (χ4v) is 3.10. The first-order chi connectivity index (χ1) is 8.56. The number of hydrogen-bond acceptors (Lipinski definition) is 3. The van der Waals surface area contributed by atoms with Gasteiger partial charge in [0.15, 0.2) is 0 Å². The molecule has 0 radical (unpaired) electrons. The van der Waals surface area contributed by atoms with Gasteiger partial charge in [0.1, 0.15) is 12.4 Å². The number of rotatable bonds is 4. The van der Waals surface area contributed by atoms with Crippen LogP contribution in [0.3, 0.4) is 0 Å². The summed E-state index contributed by atoms with van der Waals surface area (Å²) >= 11 is 5.12. The van der Waals surface area contributed by atoms with Gasteiger partial charge in [0.25, 0.3) is 0 Å². The van der Waals surface area contributed by atoms with Gasteiger partial charge in [-0.15, -0.1) is 11.3 Å². The SMILES string of the molecule is Cc1ccc(OCc2cc(Br)cs2)c([C@@H](C)N)c1. The van der Waals surface area contributed by atoms with E-state index in [2.05, 4.69) is 40.4 Å². The zero-order valence-electron chi connectivity index (χ0n) is 10.4. The van der Waals surface area contributed by atoms with E-state index in [9.17, 15) is 0 Å².